The third kappa shape index (κ3) is 9.49. The SMILES string of the molecule is CC(CO)=C1CC2c3ccc4cc3C3CC2C25CCCC2C#CC2=Cc6ccccc6C6CC7C(C=CCC78Oc7ccc9c(CO)c(C(CCO)COCO)c(=O)oc9c7C(OC(=O)CC7CC(C=CC47)c4cccc7c4CCC4CCCC9C=Cc%10ccc(cc%10C794)Cc4ccc5cc4)C8OC1=O)(C3)C26. The summed E-state index contributed by atoms with van der Waals surface area (Å²) >= 11 is 0. The molecular weight excluding hydrogens is 1330 g/mol. The first-order valence-corrected chi connectivity index (χ1v) is 40.1. The predicted molar refractivity (Wildman–Crippen MR) is 407 cm³/mol. The highest BCUT2D eigenvalue weighted by atomic mass is 16.6. The average molecular weight is 1430 g/mol. The lowest BCUT2D eigenvalue weighted by molar-refractivity contribution is -0.210. The van der Waals surface area contributed by atoms with Gasteiger partial charge in [-0.2, -0.15) is 0 Å². The fourth-order valence-electron chi connectivity index (χ4n) is 26.3. The van der Waals surface area contributed by atoms with Crippen LogP contribution < -0.4 is 10.4 Å². The molecule has 0 saturated heterocycles. The van der Waals surface area contributed by atoms with Crippen molar-refractivity contribution in [3.8, 4) is 17.6 Å². The summed E-state index contributed by atoms with van der Waals surface area (Å²) in [7, 11) is 0. The molecule has 28 rings (SSSR count). The highest BCUT2D eigenvalue weighted by Gasteiger charge is 2.71. The van der Waals surface area contributed by atoms with E-state index < -0.39 is 78.0 Å². The second kappa shape index (κ2) is 24.9. The van der Waals surface area contributed by atoms with Crippen LogP contribution in [0, 0.1) is 58.7 Å². The quantitative estimate of drug-likeness (QED) is 0.0283. The summed E-state index contributed by atoms with van der Waals surface area (Å²) in [6.07, 6.45) is 26.8. The maximum absolute atomic E-state index is 17.1. The van der Waals surface area contributed by atoms with Gasteiger partial charge >= 0.3 is 17.6 Å². The van der Waals surface area contributed by atoms with E-state index in [1.54, 1.807) is 6.07 Å². The maximum atomic E-state index is 17.1. The van der Waals surface area contributed by atoms with Crippen LogP contribution in [0.1, 0.15) is 234 Å². The zero-order chi connectivity index (χ0) is 72.0. The molecule has 0 amide bonds. The van der Waals surface area contributed by atoms with Crippen LogP contribution in [0.5, 0.6) is 5.75 Å². The number of rotatable bonds is 8. The minimum Gasteiger partial charge on any atom is -0.482 e. The molecule has 4 heterocycles. The topological polar surface area (TPSA) is 182 Å². The van der Waals surface area contributed by atoms with Gasteiger partial charge in [0.05, 0.1) is 25.4 Å². The van der Waals surface area contributed by atoms with Crippen LogP contribution in [-0.2, 0) is 54.1 Å². The number of ether oxygens (including phenoxy) is 4. The number of allylic oxidation sites excluding steroid dienone is 5. The van der Waals surface area contributed by atoms with E-state index in [0.717, 1.165) is 68.1 Å². The van der Waals surface area contributed by atoms with E-state index in [1.807, 2.05) is 13.0 Å². The Morgan fingerprint density at radius 1 is 0.776 bits per heavy atom. The van der Waals surface area contributed by atoms with Crippen LogP contribution in [0.4, 0.5) is 0 Å². The van der Waals surface area contributed by atoms with E-state index >= 15 is 14.4 Å². The molecule has 0 radical (unpaired) electrons. The molecule has 19 atom stereocenters. The Morgan fingerprint density at radius 2 is 1.65 bits per heavy atom. The summed E-state index contributed by atoms with van der Waals surface area (Å²) in [5, 5.41) is 44.2. The van der Waals surface area contributed by atoms with Crippen molar-refractivity contribution in [3.63, 3.8) is 0 Å². The Hall–Kier alpha value is -8.67. The van der Waals surface area contributed by atoms with Crippen molar-refractivity contribution in [1.29, 1.82) is 0 Å². The summed E-state index contributed by atoms with van der Waals surface area (Å²) in [6, 6.07) is 44.2. The Labute approximate surface area is 624 Å². The summed E-state index contributed by atoms with van der Waals surface area (Å²) in [5.74, 6) is 6.03. The van der Waals surface area contributed by atoms with Gasteiger partial charge in [0, 0.05) is 93.3 Å². The number of esters is 2. The van der Waals surface area contributed by atoms with Crippen molar-refractivity contribution in [2.75, 3.05) is 26.6 Å². The summed E-state index contributed by atoms with van der Waals surface area (Å²) in [5.41, 5.74) is 15.7. The summed E-state index contributed by atoms with van der Waals surface area (Å²) in [6.45, 7) is -0.283. The zero-order valence-electron chi connectivity index (χ0n) is 60.8. The predicted octanol–water partition coefficient (Wildman–Crippen LogP) is 16.3. The van der Waals surface area contributed by atoms with Crippen molar-refractivity contribution in [2.45, 2.75) is 187 Å². The monoisotopic (exact) mass is 1420 g/mol. The van der Waals surface area contributed by atoms with Gasteiger partial charge in [-0.25, -0.2) is 9.59 Å². The van der Waals surface area contributed by atoms with E-state index in [-0.39, 0.29) is 120 Å². The molecule has 12 heteroatoms. The first-order chi connectivity index (χ1) is 52.4. The lowest BCUT2D eigenvalue weighted by Gasteiger charge is -2.57. The lowest BCUT2D eigenvalue weighted by Crippen LogP contribution is -2.64. The summed E-state index contributed by atoms with van der Waals surface area (Å²) < 4.78 is 35.6. The normalized spacial score (nSPS) is 34.9. The molecule has 18 aliphatic carbocycles. The van der Waals surface area contributed by atoms with Gasteiger partial charge < -0.3 is 43.8 Å². The molecule has 3 aliphatic heterocycles. The van der Waals surface area contributed by atoms with E-state index in [1.165, 1.54) is 74.0 Å². The van der Waals surface area contributed by atoms with Crippen molar-refractivity contribution in [3.05, 3.63) is 262 Å². The number of fused-ring (bicyclic) bond motifs is 6. The van der Waals surface area contributed by atoms with E-state index in [2.05, 4.69) is 158 Å². The zero-order valence-corrected chi connectivity index (χ0v) is 60.8. The molecule has 22 bridgehead atoms. The third-order valence-corrected chi connectivity index (χ3v) is 30.4. The van der Waals surface area contributed by atoms with Crippen molar-refractivity contribution >= 4 is 35.1 Å². The Balaban J connectivity index is 0.869. The molecular formula is C95H92O12. The number of hydrogen-bond acceptors (Lipinski definition) is 12. The largest absolute Gasteiger partial charge is 0.482 e. The molecule has 1 aromatic heterocycles. The number of carbonyl (C=O) groups excluding carboxylic acids is 2. The molecule has 544 valence electrons. The first kappa shape index (κ1) is 66.5. The minimum atomic E-state index is -1.47. The average Bonchev–Trinajstić information content (AvgIpc) is 1.58. The molecule has 6 aromatic carbocycles. The van der Waals surface area contributed by atoms with Crippen LogP contribution in [0.2, 0.25) is 0 Å². The van der Waals surface area contributed by atoms with Crippen LogP contribution in [0.3, 0.4) is 0 Å². The second-order valence-electron chi connectivity index (χ2n) is 34.6. The highest BCUT2D eigenvalue weighted by Crippen LogP contribution is 2.73. The number of carbonyl (C=O) groups is 2. The van der Waals surface area contributed by atoms with Crippen LogP contribution in [-0.4, -0.2) is 70.7 Å². The molecule has 12 nitrogen and oxygen atoms in total. The lowest BCUT2D eigenvalue weighted by atomic mass is 9.48. The van der Waals surface area contributed by atoms with Gasteiger partial charge in [-0.3, -0.25) is 4.79 Å². The summed E-state index contributed by atoms with van der Waals surface area (Å²) in [4.78, 5) is 49.0. The van der Waals surface area contributed by atoms with Gasteiger partial charge in [0.25, 0.3) is 0 Å². The van der Waals surface area contributed by atoms with Crippen LogP contribution >= 0.6 is 0 Å². The number of aliphatic hydroxyl groups is 4. The standard InChI is InChI=1S/C95H92O12/c1-52(48-97)73-45-75-70-29-22-58-42-74(70)62-43-80(75)93-35-6-11-63(93)25-20-59-40-56-8-2-3-12-69(56)76-46-82-92(47-62,86(59)76)34-7-36-94(82)89(106-90(73)101)88(85-81(107-94)32-31-72-77(49-98)84(91(102)105-87(72)85)60(33-37-96)50-103-51-99)104-83(100)44-61-41-57(21-28-67(58)61)68-13-5-14-78-71(68)30-27-66-10-4-9-65-26-19-55-18-15-54(39-79(55)95(65,66)78)38-53-16-23-64(93)24-17-53/h2-3,5,7-8,12-19,21-24,26,28-29,31-32,34,39-40,42,57,60-63,65-67,75-76,80,82,86,88-89,96-99H,4,6,9-11,27,30,33,35-38,41,43-51H2,1H3. The minimum absolute atomic E-state index is 0.00601. The van der Waals surface area contributed by atoms with E-state index in [4.69, 9.17) is 23.4 Å². The van der Waals surface area contributed by atoms with E-state index in [9.17, 15) is 20.4 Å². The molecule has 21 aliphatic rings. The van der Waals surface area contributed by atoms with Gasteiger partial charge in [0.1, 0.15) is 18.1 Å². The van der Waals surface area contributed by atoms with Crippen molar-refractivity contribution < 1.29 is 53.4 Å². The fourth-order valence-corrected chi connectivity index (χ4v) is 26.3. The van der Waals surface area contributed by atoms with Gasteiger partial charge in [-0.1, -0.05) is 164 Å². The molecule has 19 unspecified atom stereocenters. The Bertz CT molecular complexity index is 5230. The molecule has 7 aromatic rings. The number of aliphatic hydroxyl groups excluding tert-OH is 4. The third-order valence-electron chi connectivity index (χ3n) is 30.4. The van der Waals surface area contributed by atoms with Gasteiger partial charge in [-0.05, 0) is 233 Å². The van der Waals surface area contributed by atoms with Gasteiger partial charge in [-0.15, -0.1) is 0 Å². The molecule has 3 fully saturated rings. The Morgan fingerprint density at radius 3 is 2.52 bits per heavy atom. The highest BCUT2D eigenvalue weighted by molar-refractivity contribution is 5.91. The van der Waals surface area contributed by atoms with Crippen LogP contribution in [0.15, 0.2) is 172 Å². The number of hydrogen-bond donors (Lipinski definition) is 4. The molecule has 4 N–H and O–H groups in total. The smallest absolute Gasteiger partial charge is 0.340 e. The Kier molecular flexibility index (Phi) is 15.5. The van der Waals surface area contributed by atoms with Crippen molar-refractivity contribution in [1.82, 2.24) is 0 Å². The van der Waals surface area contributed by atoms with Crippen molar-refractivity contribution in [2.24, 2.45) is 46.8 Å². The number of benzene rings is 6. The van der Waals surface area contributed by atoms with Gasteiger partial charge in [0.2, 0.25) is 0 Å². The first-order valence-electron chi connectivity index (χ1n) is 40.1. The molecule has 3 saturated carbocycles. The van der Waals surface area contributed by atoms with Gasteiger partial charge in [0.15, 0.2) is 17.8 Å². The maximum Gasteiger partial charge on any atom is 0.340 e. The molecule has 4 spiro atoms. The molecule has 107 heavy (non-hydrogen) atoms. The second-order valence-corrected chi connectivity index (χ2v) is 34.6. The fraction of sp³-hybridized carbons (Fsp3) is 0.442. The van der Waals surface area contributed by atoms with Crippen LogP contribution in [0.25, 0.3) is 23.1 Å². The van der Waals surface area contributed by atoms with E-state index in [0.29, 0.717) is 53.4 Å².